The second kappa shape index (κ2) is 16.0. The molecule has 0 bridgehead atoms. The Morgan fingerprint density at radius 1 is 0.804 bits per heavy atom. The summed E-state index contributed by atoms with van der Waals surface area (Å²) in [5.74, 6) is -1.40. The summed E-state index contributed by atoms with van der Waals surface area (Å²) in [6.45, 7) is 9.89. The molecule has 6 fully saturated rings. The van der Waals surface area contributed by atoms with Crippen LogP contribution in [-0.2, 0) is 56.9 Å². The minimum Gasteiger partial charge on any atom is -0.469 e. The molecule has 15 nitrogen and oxygen atoms in total. The average molecular weight is 795 g/mol. The van der Waals surface area contributed by atoms with Crippen molar-refractivity contribution in [3.05, 3.63) is 23.5 Å². The predicted octanol–water partition coefficient (Wildman–Crippen LogP) is 3.00. The molecule has 8 rings (SSSR count). The van der Waals surface area contributed by atoms with Gasteiger partial charge in [0.15, 0.2) is 18.9 Å². The monoisotopic (exact) mass is 794 g/mol. The van der Waals surface area contributed by atoms with Crippen LogP contribution in [0.2, 0.25) is 0 Å². The number of rotatable bonds is 8. The van der Waals surface area contributed by atoms with E-state index in [0.29, 0.717) is 38.7 Å². The maximum Gasteiger partial charge on any atom is 0.309 e. The Balaban J connectivity index is 0.868. The fourth-order valence-electron chi connectivity index (χ4n) is 11.1. The molecule has 0 aromatic carbocycles. The lowest BCUT2D eigenvalue weighted by atomic mass is 9.55. The molecule has 6 aliphatic heterocycles. The van der Waals surface area contributed by atoms with E-state index in [9.17, 15) is 20.1 Å². The number of hydrogen-bond acceptors (Lipinski definition) is 15. The number of ether oxygens (including phenoxy) is 11. The Bertz CT molecular complexity index is 1480. The molecule has 6 heterocycles. The summed E-state index contributed by atoms with van der Waals surface area (Å²) in [5, 5.41) is 33.2. The van der Waals surface area contributed by atoms with Crippen LogP contribution in [0.3, 0.4) is 0 Å². The van der Waals surface area contributed by atoms with Gasteiger partial charge >= 0.3 is 5.97 Å². The molecule has 0 spiro atoms. The lowest BCUT2D eigenvalue weighted by molar-refractivity contribution is -0.338. The van der Waals surface area contributed by atoms with Gasteiger partial charge in [-0.25, -0.2) is 0 Å². The van der Waals surface area contributed by atoms with E-state index in [1.54, 1.807) is 27.4 Å². The van der Waals surface area contributed by atoms with Crippen LogP contribution >= 0.6 is 0 Å². The van der Waals surface area contributed by atoms with E-state index in [2.05, 4.69) is 13.0 Å². The fourth-order valence-corrected chi connectivity index (χ4v) is 11.1. The van der Waals surface area contributed by atoms with Crippen molar-refractivity contribution < 1.29 is 72.2 Å². The zero-order chi connectivity index (χ0) is 39.7. The standard InChI is InChI=1S/C41H62O15/c1-19-36(44)29(46-6)14-34(50-19)55-37-20(2)51-32(13-26(37)42)56-38-21(3)52-33(15-30(38)47-7)53-28-12-23-9-10-24-25(40(23,4)16-27(28)43)11-8-22-17-48-41(5)35(22)31(18-49-41)54-39(24)45/h9,17,19-21,24-38,42-44H,8,10-16,18H2,1-7H3/t19-,20-,21-,24-,25+,26+,27-,28-,29-,30-,31-,32+,33+,34+,35-,36-,37-,38-,40+,41+/m1/s1. The first-order valence-electron chi connectivity index (χ1n) is 20.6. The van der Waals surface area contributed by atoms with Crippen LogP contribution in [0.15, 0.2) is 23.5 Å². The number of fused-ring (bicyclic) bond motifs is 3. The number of methoxy groups -OCH3 is 2. The number of aliphatic hydroxyl groups excluding tert-OH is 3. The summed E-state index contributed by atoms with van der Waals surface area (Å²) in [6.07, 6.45) is -0.916. The molecular formula is C41H62O15. The third-order valence-corrected chi connectivity index (χ3v) is 14.2. The highest BCUT2D eigenvalue weighted by atomic mass is 16.7. The summed E-state index contributed by atoms with van der Waals surface area (Å²) in [7, 11) is 3.16. The van der Waals surface area contributed by atoms with Crippen LogP contribution in [0.25, 0.3) is 0 Å². The topological polar surface area (TPSA) is 179 Å². The molecule has 2 aliphatic carbocycles. The molecule has 316 valence electrons. The molecule has 56 heavy (non-hydrogen) atoms. The number of carbonyl (C=O) groups excluding carboxylic acids is 1. The van der Waals surface area contributed by atoms with Gasteiger partial charge in [-0.05, 0) is 69.8 Å². The number of aliphatic hydroxyl groups is 3. The van der Waals surface area contributed by atoms with Gasteiger partial charge in [0.1, 0.15) is 24.4 Å². The first kappa shape index (κ1) is 41.0. The van der Waals surface area contributed by atoms with Crippen molar-refractivity contribution in [1.82, 2.24) is 0 Å². The highest BCUT2D eigenvalue weighted by Crippen LogP contribution is 2.57. The Kier molecular flexibility index (Phi) is 11.7. The van der Waals surface area contributed by atoms with E-state index in [-0.39, 0.29) is 36.2 Å². The molecule has 0 aromatic rings. The molecule has 15 heteroatoms. The molecule has 8 aliphatic rings. The third kappa shape index (κ3) is 7.51. The number of hydrogen-bond donors (Lipinski definition) is 3. The Labute approximate surface area is 329 Å². The summed E-state index contributed by atoms with van der Waals surface area (Å²) < 4.78 is 66.9. The fraction of sp³-hybridized carbons (Fsp3) is 0.878. The predicted molar refractivity (Wildman–Crippen MR) is 194 cm³/mol. The van der Waals surface area contributed by atoms with E-state index in [4.69, 9.17) is 52.1 Å². The van der Waals surface area contributed by atoms with Gasteiger partial charge in [-0.2, -0.15) is 0 Å². The number of carbonyl (C=O) groups is 1. The van der Waals surface area contributed by atoms with E-state index >= 15 is 0 Å². The zero-order valence-corrected chi connectivity index (χ0v) is 33.7. The van der Waals surface area contributed by atoms with Gasteiger partial charge in [-0.15, -0.1) is 0 Å². The first-order valence-corrected chi connectivity index (χ1v) is 20.6. The quantitative estimate of drug-likeness (QED) is 0.241. The van der Waals surface area contributed by atoms with Gasteiger partial charge in [0.2, 0.25) is 5.79 Å². The van der Waals surface area contributed by atoms with Crippen molar-refractivity contribution >= 4 is 5.97 Å². The van der Waals surface area contributed by atoms with E-state index in [0.717, 1.165) is 18.4 Å². The summed E-state index contributed by atoms with van der Waals surface area (Å²) >= 11 is 0. The van der Waals surface area contributed by atoms with Crippen LogP contribution in [0.4, 0.5) is 0 Å². The van der Waals surface area contributed by atoms with Gasteiger partial charge in [0.05, 0.1) is 73.5 Å². The zero-order valence-electron chi connectivity index (χ0n) is 33.7. The van der Waals surface area contributed by atoms with Gasteiger partial charge in [-0.3, -0.25) is 4.79 Å². The molecular weight excluding hydrogens is 732 g/mol. The molecule has 0 unspecified atom stereocenters. The van der Waals surface area contributed by atoms with Gasteiger partial charge in [0.25, 0.3) is 0 Å². The van der Waals surface area contributed by atoms with Crippen LogP contribution in [-0.4, -0.2) is 140 Å². The molecule has 20 atom stereocenters. The summed E-state index contributed by atoms with van der Waals surface area (Å²) in [5.41, 5.74) is 1.92. The molecule has 0 amide bonds. The highest BCUT2D eigenvalue weighted by molar-refractivity contribution is 5.74. The van der Waals surface area contributed by atoms with E-state index < -0.39 is 97.2 Å². The summed E-state index contributed by atoms with van der Waals surface area (Å²) in [6, 6.07) is 0. The normalized spacial score (nSPS) is 51.9. The van der Waals surface area contributed by atoms with Crippen molar-refractivity contribution in [3.63, 3.8) is 0 Å². The molecule has 0 radical (unpaired) electrons. The van der Waals surface area contributed by atoms with Crippen LogP contribution in [0, 0.1) is 23.2 Å². The Hall–Kier alpha value is -1.73. The largest absolute Gasteiger partial charge is 0.469 e. The molecule has 0 aromatic heterocycles. The third-order valence-electron chi connectivity index (χ3n) is 14.2. The number of esters is 1. The van der Waals surface area contributed by atoms with Crippen molar-refractivity contribution in [2.45, 2.75) is 184 Å². The van der Waals surface area contributed by atoms with Crippen LogP contribution < -0.4 is 0 Å². The molecule has 3 N–H and O–H groups in total. The molecule has 5 saturated heterocycles. The van der Waals surface area contributed by atoms with Gasteiger partial charge < -0.3 is 67.4 Å². The van der Waals surface area contributed by atoms with Crippen molar-refractivity contribution in [1.29, 1.82) is 0 Å². The Morgan fingerprint density at radius 3 is 2.20 bits per heavy atom. The van der Waals surface area contributed by atoms with E-state index in [1.165, 1.54) is 5.57 Å². The first-order chi connectivity index (χ1) is 26.7. The minimum absolute atomic E-state index is 0.00811. The van der Waals surface area contributed by atoms with E-state index in [1.807, 2.05) is 20.8 Å². The van der Waals surface area contributed by atoms with Gasteiger partial charge in [0, 0.05) is 40.4 Å². The SMILES string of the molecule is CO[C@@H]1C[C@H](O[C@H]2[C@@H](O)C[C@H](O[C@@H]3[C@@H](C)O[C@@H](O[C@@H]4CC5=CC[C@H]6C(=O)O[C@@H]7CO[C@]8(C)OC=C(CC[C@@H]6[C@@]5(C)C[C@H]4O)[C@H]78)C[C@H]3OC)O[C@@H]2C)O[C@H](C)[C@H]1O. The van der Waals surface area contributed by atoms with Crippen LogP contribution in [0.5, 0.6) is 0 Å². The van der Waals surface area contributed by atoms with Crippen molar-refractivity contribution in [2.75, 3.05) is 20.8 Å². The Morgan fingerprint density at radius 2 is 1.46 bits per heavy atom. The lowest BCUT2D eigenvalue weighted by Gasteiger charge is -2.52. The summed E-state index contributed by atoms with van der Waals surface area (Å²) in [4.78, 5) is 13.7. The maximum absolute atomic E-state index is 13.7. The second-order valence-corrected chi connectivity index (χ2v) is 17.7. The molecule has 1 saturated carbocycles. The highest BCUT2D eigenvalue weighted by Gasteiger charge is 2.59. The maximum atomic E-state index is 13.7. The van der Waals surface area contributed by atoms with Crippen LogP contribution in [0.1, 0.15) is 86.0 Å². The second-order valence-electron chi connectivity index (χ2n) is 17.7. The van der Waals surface area contributed by atoms with Gasteiger partial charge in [-0.1, -0.05) is 18.6 Å². The average Bonchev–Trinajstić information content (AvgIpc) is 3.67. The van der Waals surface area contributed by atoms with Crippen molar-refractivity contribution in [3.8, 4) is 0 Å². The minimum atomic E-state index is -0.897. The number of allylic oxidation sites excluding steroid dienone is 1. The smallest absolute Gasteiger partial charge is 0.309 e. The van der Waals surface area contributed by atoms with Crippen molar-refractivity contribution in [2.24, 2.45) is 23.2 Å². The lowest BCUT2D eigenvalue weighted by Crippen LogP contribution is -2.57.